The van der Waals surface area contributed by atoms with Crippen LogP contribution in [0.3, 0.4) is 0 Å². The van der Waals surface area contributed by atoms with Gasteiger partial charge in [-0.2, -0.15) is 0 Å². The van der Waals surface area contributed by atoms with Gasteiger partial charge in [-0.3, -0.25) is 5.32 Å². The monoisotopic (exact) mass is 511 g/mol. The Bertz CT molecular complexity index is 807. The molecule has 0 fully saturated rings. The Kier molecular flexibility index (Phi) is 8.91. The zero-order valence-electron chi connectivity index (χ0n) is 16.9. The molecule has 0 aliphatic rings. The molecule has 0 heterocycles. The normalized spacial score (nSPS) is 11.0. The summed E-state index contributed by atoms with van der Waals surface area (Å²) in [5.74, 6) is -0.745. The van der Waals surface area contributed by atoms with E-state index in [-0.39, 0.29) is 19.6 Å². The molecule has 0 atom stereocenters. The zero-order chi connectivity index (χ0) is 21.3. The summed E-state index contributed by atoms with van der Waals surface area (Å²) in [4.78, 5) is 25.5. The molecule has 2 aromatic rings. The van der Waals surface area contributed by atoms with E-state index in [2.05, 4.69) is 27.9 Å². The van der Waals surface area contributed by atoms with E-state index in [1.807, 2.05) is 48.5 Å². The SMILES string of the molecule is CCOC(=O)C(Cc1cc(I)ccc1OCc1ccccc1)(NC)C(=O)OCC. The first-order valence-corrected chi connectivity index (χ1v) is 10.5. The Morgan fingerprint density at radius 3 is 2.17 bits per heavy atom. The molecular formula is C22H26INO5. The first kappa shape index (κ1) is 23.2. The van der Waals surface area contributed by atoms with Gasteiger partial charge in [-0.05, 0) is 72.8 Å². The van der Waals surface area contributed by atoms with Crippen LogP contribution in [-0.4, -0.2) is 37.7 Å². The standard InChI is InChI=1S/C22H26INO5/c1-4-27-20(25)22(24-3,21(26)28-5-2)14-17-13-18(23)11-12-19(17)29-15-16-9-7-6-8-10-16/h6-13,24H,4-5,14-15H2,1-3H3. The quantitative estimate of drug-likeness (QED) is 0.299. The van der Waals surface area contributed by atoms with Gasteiger partial charge in [0.25, 0.3) is 0 Å². The van der Waals surface area contributed by atoms with Crippen LogP contribution >= 0.6 is 22.6 Å². The minimum absolute atomic E-state index is 0.0438. The van der Waals surface area contributed by atoms with Crippen LogP contribution in [0.25, 0.3) is 0 Å². The number of esters is 2. The number of ether oxygens (including phenoxy) is 3. The van der Waals surface area contributed by atoms with Crippen LogP contribution in [-0.2, 0) is 32.1 Å². The van der Waals surface area contributed by atoms with E-state index >= 15 is 0 Å². The van der Waals surface area contributed by atoms with E-state index in [0.29, 0.717) is 17.9 Å². The highest BCUT2D eigenvalue weighted by Gasteiger charge is 2.48. The van der Waals surface area contributed by atoms with Crippen molar-refractivity contribution in [3.8, 4) is 5.75 Å². The second-order valence-corrected chi connectivity index (χ2v) is 7.54. The Balaban J connectivity index is 2.37. The topological polar surface area (TPSA) is 73.9 Å². The van der Waals surface area contributed by atoms with E-state index in [4.69, 9.17) is 14.2 Å². The number of benzene rings is 2. The Morgan fingerprint density at radius 2 is 1.62 bits per heavy atom. The van der Waals surface area contributed by atoms with Gasteiger partial charge >= 0.3 is 11.9 Å². The van der Waals surface area contributed by atoms with Gasteiger partial charge in [0, 0.05) is 9.99 Å². The first-order chi connectivity index (χ1) is 14.0. The Labute approximate surface area is 185 Å². The van der Waals surface area contributed by atoms with Crippen molar-refractivity contribution >= 4 is 34.5 Å². The number of carbonyl (C=O) groups is 2. The van der Waals surface area contributed by atoms with Crippen LogP contribution < -0.4 is 10.1 Å². The molecule has 0 bridgehead atoms. The van der Waals surface area contributed by atoms with Gasteiger partial charge in [0.15, 0.2) is 0 Å². The largest absolute Gasteiger partial charge is 0.489 e. The number of rotatable bonds is 10. The fourth-order valence-corrected chi connectivity index (χ4v) is 3.43. The van der Waals surface area contributed by atoms with Gasteiger partial charge in [-0.1, -0.05) is 30.3 Å². The first-order valence-electron chi connectivity index (χ1n) is 9.45. The van der Waals surface area contributed by atoms with Crippen molar-refractivity contribution in [3.63, 3.8) is 0 Å². The fraction of sp³-hybridized carbons (Fsp3) is 0.364. The average molecular weight is 511 g/mol. The Hall–Kier alpha value is -2.13. The van der Waals surface area contributed by atoms with Gasteiger partial charge in [0.1, 0.15) is 12.4 Å². The van der Waals surface area contributed by atoms with Crippen LogP contribution in [0.2, 0.25) is 0 Å². The molecular weight excluding hydrogens is 485 g/mol. The number of nitrogens with one attached hydrogen (secondary N) is 1. The van der Waals surface area contributed by atoms with Gasteiger partial charge < -0.3 is 14.2 Å². The summed E-state index contributed by atoms with van der Waals surface area (Å²) in [6, 6.07) is 15.4. The molecule has 2 rings (SSSR count). The lowest BCUT2D eigenvalue weighted by Gasteiger charge is -2.29. The number of halogens is 1. The second-order valence-electron chi connectivity index (χ2n) is 6.30. The van der Waals surface area contributed by atoms with Crippen LogP contribution in [0.1, 0.15) is 25.0 Å². The summed E-state index contributed by atoms with van der Waals surface area (Å²) in [7, 11) is 1.55. The third-order valence-electron chi connectivity index (χ3n) is 4.39. The van der Waals surface area contributed by atoms with Gasteiger partial charge in [0.2, 0.25) is 5.54 Å². The lowest BCUT2D eigenvalue weighted by atomic mass is 9.90. The minimum atomic E-state index is -1.65. The predicted octanol–water partition coefficient (Wildman–Crippen LogP) is 3.50. The molecule has 0 aliphatic carbocycles. The van der Waals surface area contributed by atoms with Gasteiger partial charge in [0.05, 0.1) is 13.2 Å². The van der Waals surface area contributed by atoms with Crippen LogP contribution in [0, 0.1) is 3.57 Å². The molecule has 2 aromatic carbocycles. The average Bonchev–Trinajstić information content (AvgIpc) is 2.72. The maximum atomic E-state index is 12.8. The molecule has 0 radical (unpaired) electrons. The molecule has 0 aromatic heterocycles. The highest BCUT2D eigenvalue weighted by atomic mass is 127. The minimum Gasteiger partial charge on any atom is -0.489 e. The van der Waals surface area contributed by atoms with E-state index < -0.39 is 17.5 Å². The molecule has 0 spiro atoms. The third-order valence-corrected chi connectivity index (χ3v) is 5.06. The fourth-order valence-electron chi connectivity index (χ4n) is 2.88. The molecule has 0 saturated heterocycles. The molecule has 29 heavy (non-hydrogen) atoms. The van der Waals surface area contributed by atoms with Crippen LogP contribution in [0.5, 0.6) is 5.75 Å². The second kappa shape index (κ2) is 11.2. The summed E-state index contributed by atoms with van der Waals surface area (Å²) in [5, 5.41) is 2.85. The molecule has 0 unspecified atom stereocenters. The van der Waals surface area contributed by atoms with E-state index in [0.717, 1.165) is 9.13 Å². The highest BCUT2D eigenvalue weighted by molar-refractivity contribution is 14.1. The molecule has 0 amide bonds. The molecule has 0 saturated carbocycles. The summed E-state index contributed by atoms with van der Waals surface area (Å²) >= 11 is 2.19. The summed E-state index contributed by atoms with van der Waals surface area (Å²) in [6.45, 7) is 4.09. The number of likely N-dealkylation sites (N-methyl/N-ethyl adjacent to an activating group) is 1. The van der Waals surface area contributed by atoms with Crippen molar-refractivity contribution in [2.45, 2.75) is 32.4 Å². The van der Waals surface area contributed by atoms with Crippen molar-refractivity contribution in [3.05, 3.63) is 63.2 Å². The molecule has 6 nitrogen and oxygen atoms in total. The molecule has 156 valence electrons. The molecule has 0 aliphatic heterocycles. The summed E-state index contributed by atoms with van der Waals surface area (Å²) in [6.07, 6.45) is 0.0438. The maximum Gasteiger partial charge on any atom is 0.338 e. The van der Waals surface area contributed by atoms with E-state index in [9.17, 15) is 9.59 Å². The smallest absolute Gasteiger partial charge is 0.338 e. The van der Waals surface area contributed by atoms with Crippen LogP contribution in [0.15, 0.2) is 48.5 Å². The van der Waals surface area contributed by atoms with Gasteiger partial charge in [-0.25, -0.2) is 9.59 Å². The van der Waals surface area contributed by atoms with Crippen molar-refractivity contribution in [2.75, 3.05) is 20.3 Å². The lowest BCUT2D eigenvalue weighted by Crippen LogP contribution is -2.60. The Morgan fingerprint density at radius 1 is 1.00 bits per heavy atom. The highest BCUT2D eigenvalue weighted by Crippen LogP contribution is 2.28. The van der Waals surface area contributed by atoms with E-state index in [1.54, 1.807) is 20.9 Å². The summed E-state index contributed by atoms with van der Waals surface area (Å²) < 4.78 is 17.4. The van der Waals surface area contributed by atoms with Crippen LogP contribution in [0.4, 0.5) is 0 Å². The van der Waals surface area contributed by atoms with Crippen molar-refractivity contribution in [1.82, 2.24) is 5.32 Å². The maximum absolute atomic E-state index is 12.8. The lowest BCUT2D eigenvalue weighted by molar-refractivity contribution is -0.166. The number of hydrogen-bond acceptors (Lipinski definition) is 6. The summed E-state index contributed by atoms with van der Waals surface area (Å²) in [5.41, 5.74) is 0.0809. The number of hydrogen-bond donors (Lipinski definition) is 1. The van der Waals surface area contributed by atoms with Crippen molar-refractivity contribution in [2.24, 2.45) is 0 Å². The van der Waals surface area contributed by atoms with E-state index in [1.165, 1.54) is 0 Å². The predicted molar refractivity (Wildman–Crippen MR) is 119 cm³/mol. The number of carbonyl (C=O) groups excluding carboxylic acids is 2. The molecule has 7 heteroatoms. The van der Waals surface area contributed by atoms with Gasteiger partial charge in [-0.15, -0.1) is 0 Å². The van der Waals surface area contributed by atoms with Crippen molar-refractivity contribution < 1.29 is 23.8 Å². The zero-order valence-corrected chi connectivity index (χ0v) is 19.0. The van der Waals surface area contributed by atoms with Crippen molar-refractivity contribution in [1.29, 1.82) is 0 Å². The molecule has 1 N–H and O–H groups in total. The third kappa shape index (κ3) is 5.93.